The van der Waals surface area contributed by atoms with Crippen molar-refractivity contribution in [2.45, 2.75) is 11.3 Å². The van der Waals surface area contributed by atoms with Gasteiger partial charge in [-0.2, -0.15) is 0 Å². The molecule has 0 bridgehead atoms. The van der Waals surface area contributed by atoms with E-state index >= 15 is 0 Å². The molecule has 2 aromatic heterocycles. The molecule has 2 nitrogen and oxygen atoms in total. The molecule has 0 radical (unpaired) electrons. The number of aromatic nitrogens is 2. The molecule has 0 N–H and O–H groups in total. The Morgan fingerprint density at radius 3 is 2.80 bits per heavy atom. The molecule has 1 aliphatic heterocycles. The number of pyridine rings is 1. The van der Waals surface area contributed by atoms with Crippen molar-refractivity contribution >= 4 is 11.8 Å². The van der Waals surface area contributed by atoms with Crippen molar-refractivity contribution in [2.24, 2.45) is 0 Å². The third kappa shape index (κ3) is 2.04. The number of rotatable bonds is 2. The molecule has 0 fully saturated rings. The zero-order chi connectivity index (χ0) is 13.4. The normalized spacial score (nSPS) is 13.4. The Bertz CT molecular complexity index is 747. The van der Waals surface area contributed by atoms with Crippen molar-refractivity contribution in [3.05, 3.63) is 66.7 Å². The monoisotopic (exact) mass is 278 g/mol. The third-order valence-electron chi connectivity index (χ3n) is 3.68. The molecule has 0 amide bonds. The summed E-state index contributed by atoms with van der Waals surface area (Å²) in [6.07, 6.45) is 9.16. The minimum Gasteiger partial charge on any atom is -0.323 e. The molecule has 98 valence electrons. The average molecular weight is 278 g/mol. The number of nitrogens with zero attached hydrogens (tertiary/aromatic N) is 2. The van der Waals surface area contributed by atoms with Gasteiger partial charge in [-0.1, -0.05) is 0 Å². The Hall–Kier alpha value is -2.00. The van der Waals surface area contributed by atoms with E-state index in [0.29, 0.717) is 0 Å². The fourth-order valence-electron chi connectivity index (χ4n) is 2.61. The number of benzene rings is 1. The standard InChI is InChI=1S/C17H14N2S/c1-2-17-14(6-10-20-17)11-16(1)19-9-5-15(12-19)13-3-7-18-8-4-13/h1-5,7-9,11-12H,6,10H2. The predicted molar refractivity (Wildman–Crippen MR) is 83.4 cm³/mol. The van der Waals surface area contributed by atoms with E-state index in [-0.39, 0.29) is 0 Å². The lowest BCUT2D eigenvalue weighted by molar-refractivity contribution is 1.05. The summed E-state index contributed by atoms with van der Waals surface area (Å²) in [7, 11) is 0. The summed E-state index contributed by atoms with van der Waals surface area (Å²) in [5.74, 6) is 1.22. The van der Waals surface area contributed by atoms with Gasteiger partial charge in [0.2, 0.25) is 0 Å². The molecular formula is C17H14N2S. The highest BCUT2D eigenvalue weighted by Gasteiger charge is 2.12. The van der Waals surface area contributed by atoms with Crippen LogP contribution in [0, 0.1) is 0 Å². The van der Waals surface area contributed by atoms with Crippen LogP contribution in [0.3, 0.4) is 0 Å². The van der Waals surface area contributed by atoms with Crippen LogP contribution in [0.5, 0.6) is 0 Å². The first-order valence-corrected chi connectivity index (χ1v) is 7.73. The van der Waals surface area contributed by atoms with Crippen molar-refractivity contribution in [1.29, 1.82) is 0 Å². The van der Waals surface area contributed by atoms with E-state index in [1.54, 1.807) is 0 Å². The van der Waals surface area contributed by atoms with Crippen LogP contribution in [-0.2, 0) is 6.42 Å². The maximum Gasteiger partial charge on any atom is 0.0453 e. The fraction of sp³-hybridized carbons (Fsp3) is 0.118. The minimum absolute atomic E-state index is 1.19. The van der Waals surface area contributed by atoms with Crippen LogP contribution in [0.15, 0.2) is 66.1 Å². The number of aryl methyl sites for hydroxylation is 1. The van der Waals surface area contributed by atoms with Crippen LogP contribution in [0.2, 0.25) is 0 Å². The summed E-state index contributed by atoms with van der Waals surface area (Å²) in [4.78, 5) is 5.51. The molecule has 4 rings (SSSR count). The largest absolute Gasteiger partial charge is 0.323 e. The molecule has 3 heterocycles. The molecule has 20 heavy (non-hydrogen) atoms. The quantitative estimate of drug-likeness (QED) is 0.699. The van der Waals surface area contributed by atoms with Gasteiger partial charge in [-0.25, -0.2) is 0 Å². The second-order valence-electron chi connectivity index (χ2n) is 4.93. The molecule has 3 aromatic rings. The van der Waals surface area contributed by atoms with E-state index < -0.39 is 0 Å². The van der Waals surface area contributed by atoms with Gasteiger partial charge in [0.15, 0.2) is 0 Å². The van der Waals surface area contributed by atoms with Gasteiger partial charge in [0.1, 0.15) is 0 Å². The summed E-state index contributed by atoms with van der Waals surface area (Å²) in [6.45, 7) is 0. The van der Waals surface area contributed by atoms with E-state index in [1.807, 2.05) is 36.3 Å². The number of fused-ring (bicyclic) bond motifs is 1. The van der Waals surface area contributed by atoms with Crippen LogP contribution in [0.25, 0.3) is 16.8 Å². The van der Waals surface area contributed by atoms with Crippen molar-refractivity contribution < 1.29 is 0 Å². The Kier molecular flexibility index (Phi) is 2.85. The van der Waals surface area contributed by atoms with Gasteiger partial charge in [-0.3, -0.25) is 4.98 Å². The molecule has 1 aromatic carbocycles. The van der Waals surface area contributed by atoms with E-state index in [2.05, 4.69) is 46.2 Å². The SMILES string of the molecule is c1cc(-c2ccn(-c3ccc4c(c3)CCS4)c2)ccn1. The van der Waals surface area contributed by atoms with E-state index in [4.69, 9.17) is 0 Å². The smallest absolute Gasteiger partial charge is 0.0453 e. The maximum absolute atomic E-state index is 4.07. The highest BCUT2D eigenvalue weighted by atomic mass is 32.2. The van der Waals surface area contributed by atoms with Gasteiger partial charge >= 0.3 is 0 Å². The Balaban J connectivity index is 1.72. The second kappa shape index (κ2) is 4.84. The van der Waals surface area contributed by atoms with Crippen molar-refractivity contribution in [3.8, 4) is 16.8 Å². The van der Waals surface area contributed by atoms with Gasteiger partial charge in [0.05, 0.1) is 0 Å². The highest BCUT2D eigenvalue weighted by molar-refractivity contribution is 7.99. The van der Waals surface area contributed by atoms with Crippen molar-refractivity contribution in [2.75, 3.05) is 5.75 Å². The topological polar surface area (TPSA) is 17.8 Å². The van der Waals surface area contributed by atoms with Crippen molar-refractivity contribution in [3.63, 3.8) is 0 Å². The molecule has 1 aliphatic rings. The lowest BCUT2D eigenvalue weighted by atomic mass is 10.1. The summed E-state index contributed by atoms with van der Waals surface area (Å²) in [5, 5.41) is 0. The summed E-state index contributed by atoms with van der Waals surface area (Å²) in [5.41, 5.74) is 5.15. The van der Waals surface area contributed by atoms with Crippen LogP contribution in [0.4, 0.5) is 0 Å². The number of hydrogen-bond acceptors (Lipinski definition) is 2. The van der Waals surface area contributed by atoms with Gasteiger partial charge in [0, 0.05) is 41.1 Å². The Morgan fingerprint density at radius 2 is 1.90 bits per heavy atom. The van der Waals surface area contributed by atoms with Crippen LogP contribution >= 0.6 is 11.8 Å². The molecule has 0 aliphatic carbocycles. The van der Waals surface area contributed by atoms with E-state index in [1.165, 1.54) is 39.4 Å². The van der Waals surface area contributed by atoms with Crippen molar-refractivity contribution in [1.82, 2.24) is 9.55 Å². The first kappa shape index (κ1) is 11.8. The van der Waals surface area contributed by atoms with Crippen LogP contribution in [0.1, 0.15) is 5.56 Å². The fourth-order valence-corrected chi connectivity index (χ4v) is 3.66. The molecule has 0 spiro atoms. The zero-order valence-corrected chi connectivity index (χ0v) is 11.8. The Labute approximate surface area is 122 Å². The highest BCUT2D eigenvalue weighted by Crippen LogP contribution is 2.32. The zero-order valence-electron chi connectivity index (χ0n) is 11.0. The molecular weight excluding hydrogens is 264 g/mol. The van der Waals surface area contributed by atoms with Gasteiger partial charge in [0.25, 0.3) is 0 Å². The second-order valence-corrected chi connectivity index (χ2v) is 6.07. The number of thioether (sulfide) groups is 1. The average Bonchev–Trinajstić information content (AvgIpc) is 3.16. The van der Waals surface area contributed by atoms with Crippen LogP contribution in [-0.4, -0.2) is 15.3 Å². The van der Waals surface area contributed by atoms with Gasteiger partial charge < -0.3 is 4.57 Å². The first-order valence-electron chi connectivity index (χ1n) is 6.75. The lowest BCUT2D eigenvalue weighted by Gasteiger charge is -2.05. The molecule has 0 atom stereocenters. The van der Waals surface area contributed by atoms with E-state index in [9.17, 15) is 0 Å². The summed E-state index contributed by atoms with van der Waals surface area (Å²) >= 11 is 1.96. The van der Waals surface area contributed by atoms with Gasteiger partial charge in [-0.05, 0) is 59.5 Å². The Morgan fingerprint density at radius 1 is 1.00 bits per heavy atom. The predicted octanol–water partition coefficient (Wildman–Crippen LogP) is 4.19. The molecule has 0 saturated heterocycles. The third-order valence-corrected chi connectivity index (χ3v) is 4.80. The maximum atomic E-state index is 4.07. The first-order chi connectivity index (χ1) is 9.90. The summed E-state index contributed by atoms with van der Waals surface area (Å²) in [6, 6.07) is 13.0. The molecule has 0 unspecified atom stereocenters. The van der Waals surface area contributed by atoms with Gasteiger partial charge in [-0.15, -0.1) is 11.8 Å². The van der Waals surface area contributed by atoms with Crippen LogP contribution < -0.4 is 0 Å². The minimum atomic E-state index is 1.19. The molecule has 0 saturated carbocycles. The summed E-state index contributed by atoms with van der Waals surface area (Å²) < 4.78 is 2.19. The lowest BCUT2D eigenvalue weighted by Crippen LogP contribution is -1.91. The molecule has 3 heteroatoms. The number of hydrogen-bond donors (Lipinski definition) is 0. The van der Waals surface area contributed by atoms with E-state index in [0.717, 1.165) is 0 Å².